The van der Waals surface area contributed by atoms with Gasteiger partial charge >= 0.3 is 0 Å². The Morgan fingerprint density at radius 2 is 2.15 bits per heavy atom. The summed E-state index contributed by atoms with van der Waals surface area (Å²) in [6.45, 7) is 4.60. The second-order valence-corrected chi connectivity index (χ2v) is 8.99. The Kier molecular flexibility index (Phi) is 5.86. The highest BCUT2D eigenvalue weighted by molar-refractivity contribution is 5.97. The number of hydrogen-bond donors (Lipinski definition) is 4. The molecule has 10 nitrogen and oxygen atoms in total. The van der Waals surface area contributed by atoms with Gasteiger partial charge < -0.3 is 20.6 Å². The normalized spacial score (nSPS) is 19.5. The number of H-pyrrole nitrogens is 1. The van der Waals surface area contributed by atoms with E-state index in [1.807, 2.05) is 6.07 Å². The van der Waals surface area contributed by atoms with Crippen LogP contribution in [-0.4, -0.2) is 54.9 Å². The number of nitrogens with zero attached hydrogens (tertiary/aromatic N) is 5. The predicted molar refractivity (Wildman–Crippen MR) is 125 cm³/mol. The van der Waals surface area contributed by atoms with E-state index in [0.717, 1.165) is 36.2 Å². The number of hydrogen-bond acceptors (Lipinski definition) is 8. The molecule has 1 aliphatic carbocycles. The Hall–Kier alpha value is -3.60. The number of aromatic nitrogens is 5. The topological polar surface area (TPSA) is 132 Å². The van der Waals surface area contributed by atoms with E-state index < -0.39 is 24.0 Å². The maximum absolute atomic E-state index is 13.1. The minimum atomic E-state index is -0.887. The van der Waals surface area contributed by atoms with Crippen LogP contribution in [0.1, 0.15) is 49.6 Å². The van der Waals surface area contributed by atoms with E-state index in [4.69, 9.17) is 9.97 Å². The summed E-state index contributed by atoms with van der Waals surface area (Å²) in [5.74, 6) is 0.980. The molecule has 0 radical (unpaired) electrons. The SMILES string of the molecule is CC(C)c1cc(Nc2nc(N3CC[C@@H](O)[C@@H]3C(=O)Nc3ccc(F)nc3)nc3c2CCC3)n[nH]1. The summed E-state index contributed by atoms with van der Waals surface area (Å²) in [6, 6.07) is 3.67. The zero-order valence-corrected chi connectivity index (χ0v) is 19.0. The Morgan fingerprint density at radius 3 is 2.88 bits per heavy atom. The van der Waals surface area contributed by atoms with Crippen LogP contribution in [0.2, 0.25) is 0 Å². The van der Waals surface area contributed by atoms with Crippen LogP contribution in [0.3, 0.4) is 0 Å². The van der Waals surface area contributed by atoms with E-state index in [-0.39, 0.29) is 0 Å². The minimum Gasteiger partial charge on any atom is -0.390 e. The van der Waals surface area contributed by atoms with Crippen LogP contribution in [0.15, 0.2) is 24.4 Å². The molecule has 1 amide bonds. The lowest BCUT2D eigenvalue weighted by Gasteiger charge is -2.26. The van der Waals surface area contributed by atoms with Crippen molar-refractivity contribution in [1.29, 1.82) is 0 Å². The van der Waals surface area contributed by atoms with Gasteiger partial charge in [0.15, 0.2) is 5.82 Å². The molecule has 1 fully saturated rings. The quantitative estimate of drug-likeness (QED) is 0.408. The first kappa shape index (κ1) is 22.2. The fourth-order valence-electron chi connectivity index (χ4n) is 4.45. The van der Waals surface area contributed by atoms with Gasteiger partial charge in [0.05, 0.1) is 23.7 Å². The monoisotopic (exact) mass is 466 g/mol. The number of aliphatic hydroxyl groups excluding tert-OH is 1. The second-order valence-electron chi connectivity index (χ2n) is 8.99. The van der Waals surface area contributed by atoms with Crippen molar-refractivity contribution in [3.8, 4) is 0 Å². The number of aliphatic hydroxyl groups is 1. The first-order valence-corrected chi connectivity index (χ1v) is 11.5. The first-order valence-electron chi connectivity index (χ1n) is 11.5. The largest absolute Gasteiger partial charge is 0.390 e. The lowest BCUT2D eigenvalue weighted by molar-refractivity contribution is -0.119. The first-order chi connectivity index (χ1) is 16.4. The molecule has 0 saturated carbocycles. The average molecular weight is 467 g/mol. The van der Waals surface area contributed by atoms with Gasteiger partial charge in [0.25, 0.3) is 0 Å². The summed E-state index contributed by atoms with van der Waals surface area (Å²) in [6.07, 6.45) is 3.42. The smallest absolute Gasteiger partial charge is 0.249 e. The Morgan fingerprint density at radius 1 is 1.29 bits per heavy atom. The molecule has 2 atom stereocenters. The third-order valence-electron chi connectivity index (χ3n) is 6.27. The Balaban J connectivity index is 1.43. The molecule has 2 aliphatic rings. The summed E-state index contributed by atoms with van der Waals surface area (Å²) in [7, 11) is 0. The standard InChI is InChI=1S/C23H27FN8O2/c1-12(2)16-10-19(31-30-16)28-21-14-4-3-5-15(14)27-23(29-21)32-9-8-17(33)20(32)22(34)26-13-6-7-18(24)25-11-13/h6-7,10-12,17,20,33H,3-5,8-9H2,1-2H3,(H,26,34)(H2,27,28,29,30,31)/t17-,20-/m1/s1. The zero-order valence-electron chi connectivity index (χ0n) is 19.0. The molecule has 11 heteroatoms. The number of rotatable bonds is 6. The number of fused-ring (bicyclic) bond motifs is 1. The molecule has 5 rings (SSSR count). The van der Waals surface area contributed by atoms with Crippen molar-refractivity contribution in [3.05, 3.63) is 47.3 Å². The van der Waals surface area contributed by atoms with Crippen molar-refractivity contribution in [1.82, 2.24) is 25.1 Å². The van der Waals surface area contributed by atoms with Crippen LogP contribution in [0.4, 0.5) is 27.7 Å². The number of halogens is 1. The van der Waals surface area contributed by atoms with Gasteiger partial charge in [-0.1, -0.05) is 13.8 Å². The summed E-state index contributed by atoms with van der Waals surface area (Å²) < 4.78 is 13.1. The van der Waals surface area contributed by atoms with Crippen molar-refractivity contribution in [2.45, 2.75) is 57.6 Å². The Labute approximate surface area is 196 Å². The number of nitrogens with one attached hydrogen (secondary N) is 3. The minimum absolute atomic E-state index is 0.316. The lowest BCUT2D eigenvalue weighted by Crippen LogP contribution is -2.46. The predicted octanol–water partition coefficient (Wildman–Crippen LogP) is 2.67. The molecule has 1 saturated heterocycles. The van der Waals surface area contributed by atoms with Crippen molar-refractivity contribution in [2.75, 3.05) is 22.1 Å². The molecule has 3 aromatic heterocycles. The zero-order chi connectivity index (χ0) is 23.8. The molecule has 4 N–H and O–H groups in total. The molecule has 0 unspecified atom stereocenters. The molecule has 0 spiro atoms. The van der Waals surface area contributed by atoms with Crippen molar-refractivity contribution < 1.29 is 14.3 Å². The number of pyridine rings is 1. The molecule has 0 aromatic carbocycles. The number of amides is 1. The highest BCUT2D eigenvalue weighted by atomic mass is 19.1. The molecule has 178 valence electrons. The second kappa shape index (κ2) is 8.98. The van der Waals surface area contributed by atoms with Crippen LogP contribution in [0, 0.1) is 5.95 Å². The fraction of sp³-hybridized carbons (Fsp3) is 0.435. The highest BCUT2D eigenvalue weighted by Gasteiger charge is 2.40. The van der Waals surface area contributed by atoms with E-state index in [9.17, 15) is 14.3 Å². The highest BCUT2D eigenvalue weighted by Crippen LogP contribution is 2.33. The molecule has 34 heavy (non-hydrogen) atoms. The van der Waals surface area contributed by atoms with E-state index >= 15 is 0 Å². The molecule has 1 aliphatic heterocycles. The number of carbonyl (C=O) groups is 1. The molecular formula is C23H27FN8O2. The van der Waals surface area contributed by atoms with E-state index in [1.165, 1.54) is 18.3 Å². The third-order valence-corrected chi connectivity index (χ3v) is 6.27. The number of aromatic amines is 1. The average Bonchev–Trinajstić information content (AvgIpc) is 3.54. The molecular weight excluding hydrogens is 439 g/mol. The van der Waals surface area contributed by atoms with Crippen LogP contribution < -0.4 is 15.5 Å². The van der Waals surface area contributed by atoms with Crippen LogP contribution in [0.25, 0.3) is 0 Å². The van der Waals surface area contributed by atoms with E-state index in [0.29, 0.717) is 42.2 Å². The van der Waals surface area contributed by atoms with Gasteiger partial charge in [-0.3, -0.25) is 9.89 Å². The van der Waals surface area contributed by atoms with Gasteiger partial charge in [0.2, 0.25) is 17.8 Å². The maximum Gasteiger partial charge on any atom is 0.249 e. The van der Waals surface area contributed by atoms with Crippen molar-refractivity contribution in [2.24, 2.45) is 0 Å². The van der Waals surface area contributed by atoms with Gasteiger partial charge in [0.1, 0.15) is 11.9 Å². The van der Waals surface area contributed by atoms with Gasteiger partial charge in [-0.15, -0.1) is 0 Å². The van der Waals surface area contributed by atoms with Crippen molar-refractivity contribution >= 4 is 29.2 Å². The van der Waals surface area contributed by atoms with Gasteiger partial charge in [0, 0.05) is 23.9 Å². The summed E-state index contributed by atoms with van der Waals surface area (Å²) in [5, 5.41) is 24.0. The molecule has 0 bridgehead atoms. The fourth-order valence-corrected chi connectivity index (χ4v) is 4.45. The molecule has 3 aromatic rings. The summed E-state index contributed by atoms with van der Waals surface area (Å²) in [5.41, 5.74) is 3.36. The number of carbonyl (C=O) groups excluding carboxylic acids is 1. The number of aryl methyl sites for hydroxylation is 1. The van der Waals surface area contributed by atoms with Gasteiger partial charge in [-0.05, 0) is 43.7 Å². The lowest BCUT2D eigenvalue weighted by atomic mass is 10.1. The van der Waals surface area contributed by atoms with Crippen molar-refractivity contribution in [3.63, 3.8) is 0 Å². The number of anilines is 4. The van der Waals surface area contributed by atoms with Crippen LogP contribution in [-0.2, 0) is 17.6 Å². The van der Waals surface area contributed by atoms with E-state index in [2.05, 4.69) is 39.7 Å². The Bertz CT molecular complexity index is 1200. The van der Waals surface area contributed by atoms with Gasteiger partial charge in [-0.2, -0.15) is 14.5 Å². The molecule has 4 heterocycles. The third kappa shape index (κ3) is 4.30. The maximum atomic E-state index is 13.1. The van der Waals surface area contributed by atoms with Gasteiger partial charge in [-0.25, -0.2) is 9.97 Å². The van der Waals surface area contributed by atoms with Crippen LogP contribution >= 0.6 is 0 Å². The van der Waals surface area contributed by atoms with E-state index in [1.54, 1.807) is 4.90 Å². The van der Waals surface area contributed by atoms with Crippen LogP contribution in [0.5, 0.6) is 0 Å². The summed E-state index contributed by atoms with van der Waals surface area (Å²) in [4.78, 5) is 27.8. The summed E-state index contributed by atoms with van der Waals surface area (Å²) >= 11 is 0.